The highest BCUT2D eigenvalue weighted by atomic mass is 32.2. The molecular weight excluding hydrogens is 346 g/mol. The van der Waals surface area contributed by atoms with E-state index in [1.165, 1.54) is 23.9 Å². The molecule has 8 nitrogen and oxygen atoms in total. The number of nitrogens with two attached hydrogens (primary N) is 1. The van der Waals surface area contributed by atoms with Crippen molar-refractivity contribution in [2.75, 3.05) is 0 Å². The molecule has 1 aromatic carbocycles. The zero-order valence-electron chi connectivity index (χ0n) is 13.5. The Kier molecular flexibility index (Phi) is 4.21. The number of carboxylic acid groups (broad SMARTS) is 1. The van der Waals surface area contributed by atoms with Gasteiger partial charge < -0.3 is 25.5 Å². The van der Waals surface area contributed by atoms with E-state index in [0.29, 0.717) is 10.6 Å². The Labute approximate surface area is 147 Å². The molecule has 0 radical (unpaired) electrons. The van der Waals surface area contributed by atoms with Gasteiger partial charge in [-0.25, -0.2) is 9.78 Å². The molecule has 0 amide bonds. The van der Waals surface area contributed by atoms with Crippen molar-refractivity contribution in [3.63, 3.8) is 0 Å². The molecule has 25 heavy (non-hydrogen) atoms. The van der Waals surface area contributed by atoms with Gasteiger partial charge in [0, 0.05) is 4.75 Å². The first kappa shape index (κ1) is 17.3. The SMILES string of the molecule is CC1(C)SC(c2nc([C@@H](N)c3ccc(O)cc3)oc2O)=N[C@@H]1C(=O)O. The van der Waals surface area contributed by atoms with Crippen LogP contribution in [0.15, 0.2) is 33.7 Å². The summed E-state index contributed by atoms with van der Waals surface area (Å²) >= 11 is 1.21. The molecule has 1 aliphatic heterocycles. The van der Waals surface area contributed by atoms with Gasteiger partial charge in [0.1, 0.15) is 16.8 Å². The highest BCUT2D eigenvalue weighted by molar-refractivity contribution is 8.15. The predicted molar refractivity (Wildman–Crippen MR) is 91.9 cm³/mol. The van der Waals surface area contributed by atoms with Crippen LogP contribution in [0.4, 0.5) is 0 Å². The molecule has 5 N–H and O–H groups in total. The van der Waals surface area contributed by atoms with Crippen molar-refractivity contribution in [1.29, 1.82) is 0 Å². The summed E-state index contributed by atoms with van der Waals surface area (Å²) < 4.78 is 4.58. The Morgan fingerprint density at radius 3 is 2.52 bits per heavy atom. The van der Waals surface area contributed by atoms with E-state index < -0.39 is 28.7 Å². The summed E-state index contributed by atoms with van der Waals surface area (Å²) in [5.41, 5.74) is 6.80. The monoisotopic (exact) mass is 363 g/mol. The van der Waals surface area contributed by atoms with Crippen molar-refractivity contribution in [3.8, 4) is 11.7 Å². The lowest BCUT2D eigenvalue weighted by atomic mass is 10.0. The van der Waals surface area contributed by atoms with Crippen molar-refractivity contribution >= 4 is 22.8 Å². The summed E-state index contributed by atoms with van der Waals surface area (Å²) in [7, 11) is 0. The zero-order chi connectivity index (χ0) is 18.4. The van der Waals surface area contributed by atoms with Crippen LogP contribution in [-0.4, -0.2) is 42.1 Å². The lowest BCUT2D eigenvalue weighted by Gasteiger charge is -2.20. The molecule has 0 aliphatic carbocycles. The number of phenolic OH excluding ortho intramolecular Hbond substituents is 1. The fourth-order valence-electron chi connectivity index (χ4n) is 2.49. The summed E-state index contributed by atoms with van der Waals surface area (Å²) in [5, 5.41) is 29.0. The van der Waals surface area contributed by atoms with Crippen LogP contribution in [0.25, 0.3) is 0 Å². The molecule has 2 atom stereocenters. The number of hydrogen-bond donors (Lipinski definition) is 4. The number of carboxylic acids is 1. The molecule has 2 aromatic rings. The molecule has 0 bridgehead atoms. The first-order valence-corrected chi connectivity index (χ1v) is 8.25. The number of aromatic hydroxyl groups is 2. The zero-order valence-corrected chi connectivity index (χ0v) is 14.3. The molecule has 0 unspecified atom stereocenters. The molecule has 0 saturated heterocycles. The standard InChI is InChI=1S/C16H17N3O5S/c1-16(2)11(14(21)22)19-13(25-16)10-15(23)24-12(18-10)9(17)7-3-5-8(20)6-4-7/h3-6,9,11,20,23H,17H2,1-2H3,(H,21,22)/t9-,11+/m0/s1. The number of hydrogen-bond acceptors (Lipinski definition) is 8. The van der Waals surface area contributed by atoms with E-state index in [9.17, 15) is 20.1 Å². The van der Waals surface area contributed by atoms with Crippen LogP contribution in [0.2, 0.25) is 0 Å². The fourth-order valence-corrected chi connectivity index (χ4v) is 3.64. The number of thioether (sulfide) groups is 1. The smallest absolute Gasteiger partial charge is 0.329 e. The lowest BCUT2D eigenvalue weighted by molar-refractivity contribution is -0.138. The van der Waals surface area contributed by atoms with Crippen LogP contribution in [-0.2, 0) is 4.79 Å². The average molecular weight is 363 g/mol. The Hall–Kier alpha value is -2.52. The Balaban J connectivity index is 1.92. The molecule has 1 aliphatic rings. The number of rotatable bonds is 4. The lowest BCUT2D eigenvalue weighted by Crippen LogP contribution is -2.34. The third-order valence-corrected chi connectivity index (χ3v) is 5.09. The number of aliphatic imine (C=N–C) groups is 1. The Bertz CT molecular complexity index is 844. The van der Waals surface area contributed by atoms with Crippen molar-refractivity contribution in [2.45, 2.75) is 30.7 Å². The van der Waals surface area contributed by atoms with Gasteiger partial charge in [-0.15, -0.1) is 0 Å². The van der Waals surface area contributed by atoms with E-state index in [1.54, 1.807) is 26.0 Å². The molecule has 2 heterocycles. The molecular formula is C16H17N3O5S. The molecule has 1 aromatic heterocycles. The number of phenols is 1. The minimum Gasteiger partial charge on any atom is -0.508 e. The second-order valence-electron chi connectivity index (χ2n) is 6.16. The van der Waals surface area contributed by atoms with Crippen molar-refractivity contribution in [2.24, 2.45) is 10.7 Å². The molecule has 0 spiro atoms. The Morgan fingerprint density at radius 1 is 1.32 bits per heavy atom. The highest BCUT2D eigenvalue weighted by Crippen LogP contribution is 2.42. The fraction of sp³-hybridized carbons (Fsp3) is 0.312. The number of benzene rings is 1. The number of nitrogens with zero attached hydrogens (tertiary/aromatic N) is 2. The van der Waals surface area contributed by atoms with E-state index in [0.717, 1.165) is 0 Å². The third-order valence-electron chi connectivity index (χ3n) is 3.85. The second-order valence-corrected chi connectivity index (χ2v) is 7.80. The van der Waals surface area contributed by atoms with Crippen LogP contribution >= 0.6 is 11.8 Å². The average Bonchev–Trinajstić information content (AvgIpc) is 3.07. The van der Waals surface area contributed by atoms with Crippen LogP contribution in [0.3, 0.4) is 0 Å². The quantitative estimate of drug-likeness (QED) is 0.645. The predicted octanol–water partition coefficient (Wildman–Crippen LogP) is 1.86. The summed E-state index contributed by atoms with van der Waals surface area (Å²) in [4.78, 5) is 19.7. The van der Waals surface area contributed by atoms with Gasteiger partial charge in [0.2, 0.25) is 5.89 Å². The molecule has 9 heteroatoms. The molecule has 0 fully saturated rings. The summed E-state index contributed by atoms with van der Waals surface area (Å²) in [6.45, 7) is 3.51. The van der Waals surface area contributed by atoms with Gasteiger partial charge in [-0.2, -0.15) is 0 Å². The first-order valence-electron chi connectivity index (χ1n) is 7.43. The first-order chi connectivity index (χ1) is 11.7. The van der Waals surface area contributed by atoms with E-state index in [4.69, 9.17) is 10.2 Å². The van der Waals surface area contributed by atoms with Crippen molar-refractivity contribution in [3.05, 3.63) is 41.4 Å². The van der Waals surface area contributed by atoms with Gasteiger partial charge in [0.05, 0.1) is 0 Å². The minimum atomic E-state index is -1.04. The number of aromatic nitrogens is 1. The van der Waals surface area contributed by atoms with Crippen molar-refractivity contribution in [1.82, 2.24) is 4.98 Å². The molecule has 132 valence electrons. The number of oxazole rings is 1. The van der Waals surface area contributed by atoms with Crippen LogP contribution in [0.1, 0.15) is 37.0 Å². The van der Waals surface area contributed by atoms with Gasteiger partial charge >= 0.3 is 11.9 Å². The molecule has 3 rings (SSSR count). The minimum absolute atomic E-state index is 0.0677. The van der Waals surface area contributed by atoms with Crippen LogP contribution in [0, 0.1) is 0 Å². The second kappa shape index (κ2) is 6.08. The third kappa shape index (κ3) is 3.20. The van der Waals surface area contributed by atoms with Crippen molar-refractivity contribution < 1.29 is 24.5 Å². The maximum absolute atomic E-state index is 11.3. The van der Waals surface area contributed by atoms with Crippen LogP contribution in [0.5, 0.6) is 11.7 Å². The van der Waals surface area contributed by atoms with Gasteiger partial charge in [0.15, 0.2) is 11.7 Å². The van der Waals surface area contributed by atoms with E-state index in [-0.39, 0.29) is 17.3 Å². The summed E-state index contributed by atoms with van der Waals surface area (Å²) in [6.07, 6.45) is 0. The number of carbonyl (C=O) groups is 1. The number of aliphatic carboxylic acids is 1. The topological polar surface area (TPSA) is 142 Å². The normalized spacial score (nSPS) is 20.3. The Morgan fingerprint density at radius 2 is 1.96 bits per heavy atom. The van der Waals surface area contributed by atoms with E-state index in [1.807, 2.05) is 0 Å². The molecule has 0 saturated carbocycles. The van der Waals surface area contributed by atoms with Gasteiger partial charge in [-0.3, -0.25) is 4.99 Å². The maximum Gasteiger partial charge on any atom is 0.329 e. The summed E-state index contributed by atoms with van der Waals surface area (Å²) in [6, 6.07) is 4.50. The van der Waals surface area contributed by atoms with Gasteiger partial charge in [-0.1, -0.05) is 23.9 Å². The summed E-state index contributed by atoms with van der Waals surface area (Å²) in [5.74, 6) is -1.34. The highest BCUT2D eigenvalue weighted by Gasteiger charge is 2.44. The van der Waals surface area contributed by atoms with Gasteiger partial charge in [0.25, 0.3) is 0 Å². The maximum atomic E-state index is 11.3. The van der Waals surface area contributed by atoms with Crippen LogP contribution < -0.4 is 5.73 Å². The van der Waals surface area contributed by atoms with Gasteiger partial charge in [-0.05, 0) is 31.5 Å². The van der Waals surface area contributed by atoms with E-state index in [2.05, 4.69) is 9.98 Å². The van der Waals surface area contributed by atoms with E-state index >= 15 is 0 Å². The largest absolute Gasteiger partial charge is 0.508 e.